The van der Waals surface area contributed by atoms with Crippen LogP contribution in [-0.4, -0.2) is 24.1 Å². The molecule has 0 aliphatic carbocycles. The van der Waals surface area contributed by atoms with Gasteiger partial charge >= 0.3 is 0 Å². The molecule has 72 valence electrons. The highest BCUT2D eigenvalue weighted by Gasteiger charge is 2.10. The number of amides is 1. The Morgan fingerprint density at radius 2 is 2.46 bits per heavy atom. The molecule has 0 atom stereocenters. The van der Waals surface area contributed by atoms with Crippen molar-refractivity contribution in [1.82, 2.24) is 5.06 Å². The third-order valence-electron chi connectivity index (χ3n) is 1.31. The summed E-state index contributed by atoms with van der Waals surface area (Å²) in [4.78, 5) is 16.4. The molecule has 0 aromatic heterocycles. The van der Waals surface area contributed by atoms with E-state index in [2.05, 4.69) is 12.5 Å². The molecule has 0 saturated carbocycles. The number of carbonyl (C=O) groups is 1. The standard InChI is InChI=1S/C10H15NO2/c1-4-7-10(12)11(8-5-2)13-9-6-3/h1,6H,3,5,7-9H2,2H3. The Morgan fingerprint density at radius 3 is 2.92 bits per heavy atom. The fourth-order valence-electron chi connectivity index (χ4n) is 0.783. The molecule has 0 unspecified atom stereocenters. The summed E-state index contributed by atoms with van der Waals surface area (Å²) in [7, 11) is 0. The topological polar surface area (TPSA) is 29.5 Å². The van der Waals surface area contributed by atoms with Gasteiger partial charge in [-0.2, -0.15) is 0 Å². The minimum Gasteiger partial charge on any atom is -0.271 e. The molecular weight excluding hydrogens is 166 g/mol. The molecule has 0 radical (unpaired) electrons. The zero-order valence-corrected chi connectivity index (χ0v) is 7.95. The maximum Gasteiger partial charge on any atom is 0.258 e. The van der Waals surface area contributed by atoms with Crippen molar-refractivity contribution in [3.05, 3.63) is 12.7 Å². The lowest BCUT2D eigenvalue weighted by Crippen LogP contribution is -2.31. The minimum absolute atomic E-state index is 0.0805. The highest BCUT2D eigenvalue weighted by atomic mass is 16.7. The first-order chi connectivity index (χ1) is 6.26. The molecule has 0 rings (SSSR count). The average molecular weight is 181 g/mol. The molecule has 0 aliphatic heterocycles. The summed E-state index contributed by atoms with van der Waals surface area (Å²) in [6, 6.07) is 0. The van der Waals surface area contributed by atoms with E-state index in [0.717, 1.165) is 6.42 Å². The summed E-state index contributed by atoms with van der Waals surface area (Å²) >= 11 is 0. The van der Waals surface area contributed by atoms with Crippen LogP contribution in [-0.2, 0) is 9.63 Å². The van der Waals surface area contributed by atoms with Gasteiger partial charge in [-0.1, -0.05) is 18.9 Å². The second kappa shape index (κ2) is 7.38. The van der Waals surface area contributed by atoms with E-state index in [1.165, 1.54) is 5.06 Å². The fourth-order valence-corrected chi connectivity index (χ4v) is 0.783. The van der Waals surface area contributed by atoms with Crippen molar-refractivity contribution in [2.24, 2.45) is 0 Å². The van der Waals surface area contributed by atoms with Crippen molar-refractivity contribution in [2.45, 2.75) is 19.8 Å². The average Bonchev–Trinajstić information content (AvgIpc) is 2.12. The zero-order chi connectivity index (χ0) is 10.1. The molecule has 13 heavy (non-hydrogen) atoms. The van der Waals surface area contributed by atoms with Crippen molar-refractivity contribution in [2.75, 3.05) is 13.2 Å². The quantitative estimate of drug-likeness (QED) is 0.352. The van der Waals surface area contributed by atoms with Crippen LogP contribution in [0.2, 0.25) is 0 Å². The van der Waals surface area contributed by atoms with Crippen LogP contribution >= 0.6 is 0 Å². The van der Waals surface area contributed by atoms with Crippen LogP contribution in [0.4, 0.5) is 0 Å². The van der Waals surface area contributed by atoms with Gasteiger partial charge in [0.2, 0.25) is 0 Å². The van der Waals surface area contributed by atoms with Gasteiger partial charge in [-0.05, 0) is 6.42 Å². The molecule has 3 heteroatoms. The van der Waals surface area contributed by atoms with E-state index in [1.807, 2.05) is 6.92 Å². The van der Waals surface area contributed by atoms with E-state index in [4.69, 9.17) is 11.3 Å². The van der Waals surface area contributed by atoms with E-state index >= 15 is 0 Å². The Balaban J connectivity index is 3.99. The predicted octanol–water partition coefficient (Wildman–Crippen LogP) is 1.37. The van der Waals surface area contributed by atoms with E-state index in [-0.39, 0.29) is 12.3 Å². The van der Waals surface area contributed by atoms with Gasteiger partial charge in [-0.25, -0.2) is 5.06 Å². The molecule has 0 N–H and O–H groups in total. The summed E-state index contributed by atoms with van der Waals surface area (Å²) in [6.45, 7) is 6.35. The van der Waals surface area contributed by atoms with Crippen molar-refractivity contribution in [3.63, 3.8) is 0 Å². The van der Waals surface area contributed by atoms with Gasteiger partial charge in [0.1, 0.15) is 0 Å². The van der Waals surface area contributed by atoms with E-state index in [0.29, 0.717) is 13.2 Å². The summed E-state index contributed by atoms with van der Waals surface area (Å²) in [5.74, 6) is 2.11. The minimum atomic E-state index is -0.175. The van der Waals surface area contributed by atoms with Crippen molar-refractivity contribution in [1.29, 1.82) is 0 Å². The Labute approximate surface area is 79.3 Å². The molecule has 0 aromatic rings. The van der Waals surface area contributed by atoms with Crippen LogP contribution in [0.1, 0.15) is 19.8 Å². The summed E-state index contributed by atoms with van der Waals surface area (Å²) < 4.78 is 0. The number of hydrogen-bond acceptors (Lipinski definition) is 2. The zero-order valence-electron chi connectivity index (χ0n) is 7.95. The van der Waals surface area contributed by atoms with Gasteiger partial charge in [-0.3, -0.25) is 9.63 Å². The number of nitrogens with zero attached hydrogens (tertiary/aromatic N) is 1. The predicted molar refractivity (Wildman–Crippen MR) is 51.6 cm³/mol. The SMILES string of the molecule is C#CCC(=O)N(CCC)OCC=C. The lowest BCUT2D eigenvalue weighted by Gasteiger charge is -2.19. The van der Waals surface area contributed by atoms with Crippen molar-refractivity contribution < 1.29 is 9.63 Å². The van der Waals surface area contributed by atoms with E-state index in [9.17, 15) is 4.79 Å². The van der Waals surface area contributed by atoms with Gasteiger partial charge in [0.25, 0.3) is 5.91 Å². The molecule has 0 spiro atoms. The van der Waals surface area contributed by atoms with Crippen LogP contribution in [0.25, 0.3) is 0 Å². The maximum atomic E-state index is 11.3. The lowest BCUT2D eigenvalue weighted by atomic mass is 10.4. The monoisotopic (exact) mass is 181 g/mol. The molecule has 3 nitrogen and oxygen atoms in total. The Kier molecular flexibility index (Phi) is 6.66. The highest BCUT2D eigenvalue weighted by Crippen LogP contribution is 1.97. The normalized spacial score (nSPS) is 8.92. The van der Waals surface area contributed by atoms with Crippen LogP contribution in [0.15, 0.2) is 12.7 Å². The van der Waals surface area contributed by atoms with E-state index in [1.54, 1.807) is 6.08 Å². The molecule has 0 aliphatic rings. The number of hydroxylamine groups is 2. The van der Waals surface area contributed by atoms with Crippen LogP contribution < -0.4 is 0 Å². The van der Waals surface area contributed by atoms with E-state index < -0.39 is 0 Å². The molecule has 0 saturated heterocycles. The third kappa shape index (κ3) is 5.05. The van der Waals surface area contributed by atoms with Crippen LogP contribution in [0.5, 0.6) is 0 Å². The molecule has 0 aromatic carbocycles. The largest absolute Gasteiger partial charge is 0.271 e. The Morgan fingerprint density at radius 1 is 1.77 bits per heavy atom. The summed E-state index contributed by atoms with van der Waals surface area (Å²) in [5, 5.41) is 1.29. The summed E-state index contributed by atoms with van der Waals surface area (Å²) in [5.41, 5.74) is 0. The molecule has 0 heterocycles. The van der Waals surface area contributed by atoms with Gasteiger partial charge in [0.15, 0.2) is 0 Å². The first-order valence-corrected chi connectivity index (χ1v) is 4.23. The fraction of sp³-hybridized carbons (Fsp3) is 0.500. The number of terminal acetylenes is 1. The smallest absolute Gasteiger partial charge is 0.258 e. The Hall–Kier alpha value is -1.27. The molecule has 1 amide bonds. The van der Waals surface area contributed by atoms with Crippen molar-refractivity contribution in [3.8, 4) is 12.3 Å². The van der Waals surface area contributed by atoms with Crippen LogP contribution in [0.3, 0.4) is 0 Å². The van der Waals surface area contributed by atoms with Crippen LogP contribution in [0, 0.1) is 12.3 Å². The summed E-state index contributed by atoms with van der Waals surface area (Å²) in [6.07, 6.45) is 7.53. The second-order valence-electron chi connectivity index (χ2n) is 2.46. The highest BCUT2D eigenvalue weighted by molar-refractivity contribution is 5.77. The third-order valence-corrected chi connectivity index (χ3v) is 1.31. The molecule has 0 fully saturated rings. The van der Waals surface area contributed by atoms with Gasteiger partial charge < -0.3 is 0 Å². The second-order valence-corrected chi connectivity index (χ2v) is 2.46. The molecular formula is C10H15NO2. The van der Waals surface area contributed by atoms with Gasteiger partial charge in [-0.15, -0.1) is 13.0 Å². The molecule has 0 bridgehead atoms. The first-order valence-electron chi connectivity index (χ1n) is 4.23. The number of hydrogen-bond donors (Lipinski definition) is 0. The number of rotatable bonds is 6. The van der Waals surface area contributed by atoms with Gasteiger partial charge in [0.05, 0.1) is 13.0 Å². The number of carbonyl (C=O) groups excluding carboxylic acids is 1. The Bertz CT molecular complexity index is 205. The van der Waals surface area contributed by atoms with Crippen molar-refractivity contribution >= 4 is 5.91 Å². The first kappa shape index (κ1) is 11.7. The lowest BCUT2D eigenvalue weighted by molar-refractivity contribution is -0.181. The maximum absolute atomic E-state index is 11.3. The van der Waals surface area contributed by atoms with Gasteiger partial charge in [0, 0.05) is 6.54 Å².